The van der Waals surface area contributed by atoms with E-state index in [2.05, 4.69) is 96.7 Å². The third-order valence-corrected chi connectivity index (χ3v) is 16.4. The van der Waals surface area contributed by atoms with E-state index in [0.717, 1.165) is 25.7 Å². The Bertz CT molecular complexity index is 1470. The lowest BCUT2D eigenvalue weighted by atomic mass is 9.34. The van der Waals surface area contributed by atoms with Gasteiger partial charge in [-0.3, -0.25) is 9.59 Å². The molecule has 274 valence electrons. The van der Waals surface area contributed by atoms with E-state index in [0.29, 0.717) is 38.1 Å². The Labute approximate surface area is 294 Å². The summed E-state index contributed by atoms with van der Waals surface area (Å²) in [4.78, 5) is 32.4. The maximum absolute atomic E-state index is 15.0. The summed E-state index contributed by atoms with van der Waals surface area (Å²) < 4.78 is 13.8. The van der Waals surface area contributed by atoms with Gasteiger partial charge in [-0.1, -0.05) is 67.9 Å². The van der Waals surface area contributed by atoms with Gasteiger partial charge in [0.05, 0.1) is 31.8 Å². The number of carboxylic acid groups (broad SMARTS) is 1. The van der Waals surface area contributed by atoms with Crippen molar-refractivity contribution in [3.63, 3.8) is 0 Å². The van der Waals surface area contributed by atoms with Gasteiger partial charge in [0.15, 0.2) is 12.1 Å². The number of ketones is 1. The zero-order valence-electron chi connectivity index (χ0n) is 32.2. The lowest BCUT2D eigenvalue weighted by Gasteiger charge is -2.70. The van der Waals surface area contributed by atoms with Crippen molar-refractivity contribution in [3.8, 4) is 0 Å². The maximum atomic E-state index is 15.0. The number of carboxylic acids is 1. The van der Waals surface area contributed by atoms with E-state index in [1.165, 1.54) is 11.9 Å². The molecule has 4 fully saturated rings. The normalized spacial score (nSPS) is 43.8. The van der Waals surface area contributed by atoms with Crippen LogP contribution in [0.15, 0.2) is 18.0 Å². The van der Waals surface area contributed by atoms with Crippen LogP contribution in [0.3, 0.4) is 0 Å². The van der Waals surface area contributed by atoms with Crippen LogP contribution >= 0.6 is 0 Å². The highest BCUT2D eigenvalue weighted by Crippen LogP contribution is 2.74. The van der Waals surface area contributed by atoms with Gasteiger partial charge in [-0.25, -0.2) is 0 Å². The van der Waals surface area contributed by atoms with Crippen LogP contribution < -0.4 is 0 Å². The number of carbonyl (C=O) groups is 2. The van der Waals surface area contributed by atoms with Gasteiger partial charge >= 0.3 is 5.97 Å². The third-order valence-electron chi connectivity index (χ3n) is 16.4. The molecule has 2 bridgehead atoms. The first-order valence-corrected chi connectivity index (χ1v) is 18.8. The second-order valence-corrected chi connectivity index (χ2v) is 18.9. The molecule has 49 heavy (non-hydrogen) atoms. The van der Waals surface area contributed by atoms with Gasteiger partial charge < -0.3 is 19.5 Å². The van der Waals surface area contributed by atoms with Gasteiger partial charge in [0.2, 0.25) is 0 Å². The molecule has 3 saturated carbocycles. The van der Waals surface area contributed by atoms with Crippen LogP contribution in [0.2, 0.25) is 0 Å². The Hall–Kier alpha value is -2.17. The summed E-state index contributed by atoms with van der Waals surface area (Å²) in [5.41, 5.74) is -1.80. The Balaban J connectivity index is 1.46. The van der Waals surface area contributed by atoms with Crippen molar-refractivity contribution in [2.24, 2.45) is 62.6 Å². The molecule has 1 aliphatic heterocycles. The number of nitrogens with zero attached hydrogens (tertiary/aromatic N) is 5. The number of ether oxygens (including phenoxy) is 2. The minimum absolute atomic E-state index is 0.0229. The molecule has 0 amide bonds. The molecule has 5 aliphatic rings. The standard InChI is InChI=1S/C39H63N5O5/c1-23(2)25(5)34(6)15-16-36(8)26-13-14-29-35(7)19-48-21-39(29,27(26)17-30(45)38(36,10)31(34)33(46)47)18-28(44-41-22-40-42-44)32(35)49-20-37(9,24(3)4)43(11)12/h17,22-26,28-29,31-32H,13-16,18-21H2,1-12H3,(H,46,47)/t25-,26+,28-,29+,31-,32+,34-,35+,36-,37+,38+,39?/m1/s1. The van der Waals surface area contributed by atoms with E-state index in [1.54, 1.807) is 4.80 Å². The van der Waals surface area contributed by atoms with Gasteiger partial charge in [-0.2, -0.15) is 4.80 Å². The molecule has 1 aromatic heterocycles. The first-order chi connectivity index (χ1) is 22.8. The van der Waals surface area contributed by atoms with E-state index in [1.807, 2.05) is 13.0 Å². The molecule has 1 aromatic rings. The summed E-state index contributed by atoms with van der Waals surface area (Å²) in [5, 5.41) is 24.2. The van der Waals surface area contributed by atoms with Crippen molar-refractivity contribution in [1.82, 2.24) is 25.1 Å². The predicted octanol–water partition coefficient (Wildman–Crippen LogP) is 6.34. The van der Waals surface area contributed by atoms with Crippen molar-refractivity contribution >= 4 is 11.8 Å². The first kappa shape index (κ1) is 36.6. The van der Waals surface area contributed by atoms with Crippen molar-refractivity contribution in [2.75, 3.05) is 33.9 Å². The van der Waals surface area contributed by atoms with E-state index >= 15 is 0 Å². The van der Waals surface area contributed by atoms with Gasteiger partial charge in [-0.15, -0.1) is 10.2 Å². The number of hydrogen-bond acceptors (Lipinski definition) is 8. The molecule has 10 heteroatoms. The number of tetrazole rings is 1. The van der Waals surface area contributed by atoms with Crippen molar-refractivity contribution in [1.29, 1.82) is 0 Å². The molecule has 1 saturated heterocycles. The fraction of sp³-hybridized carbons (Fsp3) is 0.872. The molecule has 0 radical (unpaired) electrons. The highest BCUT2D eigenvalue weighted by molar-refractivity contribution is 6.00. The number of aromatic nitrogens is 4. The summed E-state index contributed by atoms with van der Waals surface area (Å²) in [7, 11) is 4.23. The number of carbonyl (C=O) groups excluding carboxylic acids is 1. The Morgan fingerprint density at radius 3 is 2.39 bits per heavy atom. The highest BCUT2D eigenvalue weighted by Gasteiger charge is 2.74. The molecule has 1 N–H and O–H groups in total. The SMILES string of the molecule is CC(C)[C@@H](C)[C@@]1(C)CC[C@]2(C)[C@H]3CC[C@@H]4C5(COC[C@]4(C)[C@@H](OC[C@@](C)(C(C)C)N(C)C)[C@H](n4ncnn4)C5)C3=CC(=O)[C@@]2(C)[C@@H]1C(=O)O. The second kappa shape index (κ2) is 11.9. The van der Waals surface area contributed by atoms with E-state index in [-0.39, 0.29) is 46.6 Å². The average Bonchev–Trinajstić information content (AvgIpc) is 3.56. The molecule has 4 aliphatic carbocycles. The Morgan fingerprint density at radius 2 is 1.82 bits per heavy atom. The van der Waals surface area contributed by atoms with Crippen LogP contribution in [-0.2, 0) is 19.1 Å². The van der Waals surface area contributed by atoms with Crippen LogP contribution in [0.4, 0.5) is 0 Å². The average molecular weight is 682 g/mol. The first-order valence-electron chi connectivity index (χ1n) is 18.8. The smallest absolute Gasteiger partial charge is 0.308 e. The van der Waals surface area contributed by atoms with Gasteiger partial charge in [0, 0.05) is 21.8 Å². The summed E-state index contributed by atoms with van der Waals surface area (Å²) in [6.07, 6.45) is 7.40. The summed E-state index contributed by atoms with van der Waals surface area (Å²) in [5.74, 6) is -0.483. The molecule has 10 nitrogen and oxygen atoms in total. The van der Waals surface area contributed by atoms with Gasteiger partial charge in [0.25, 0.3) is 0 Å². The van der Waals surface area contributed by atoms with Crippen LogP contribution in [0, 0.1) is 62.6 Å². The number of rotatable bonds is 9. The zero-order chi connectivity index (χ0) is 36.1. The topological polar surface area (TPSA) is 120 Å². The molecular formula is C39H63N5O5. The number of aliphatic carboxylic acids is 1. The highest BCUT2D eigenvalue weighted by atomic mass is 16.5. The summed E-state index contributed by atoms with van der Waals surface area (Å²) >= 11 is 0. The lowest BCUT2D eigenvalue weighted by Crippen LogP contribution is -2.70. The zero-order valence-corrected chi connectivity index (χ0v) is 32.2. The number of hydrogen-bond donors (Lipinski definition) is 1. The fourth-order valence-corrected chi connectivity index (χ4v) is 12.3. The van der Waals surface area contributed by atoms with E-state index in [9.17, 15) is 14.7 Å². The molecule has 0 aromatic carbocycles. The summed E-state index contributed by atoms with van der Waals surface area (Å²) in [6.45, 7) is 23.6. The monoisotopic (exact) mass is 681 g/mol. The van der Waals surface area contributed by atoms with Crippen LogP contribution in [-0.4, -0.2) is 87.5 Å². The van der Waals surface area contributed by atoms with E-state index < -0.39 is 33.5 Å². The quantitative estimate of drug-likeness (QED) is 0.318. The molecular weight excluding hydrogens is 618 g/mol. The molecule has 6 rings (SSSR count). The minimum Gasteiger partial charge on any atom is -0.481 e. The maximum Gasteiger partial charge on any atom is 0.308 e. The predicted molar refractivity (Wildman–Crippen MR) is 187 cm³/mol. The molecule has 2 heterocycles. The number of likely N-dealkylation sites (N-methyl/N-ethyl adjacent to an activating group) is 1. The van der Waals surface area contributed by atoms with Crippen LogP contribution in [0.1, 0.15) is 107 Å². The van der Waals surface area contributed by atoms with Crippen molar-refractivity contribution < 1.29 is 24.2 Å². The minimum atomic E-state index is -1.02. The Morgan fingerprint density at radius 1 is 1.12 bits per heavy atom. The van der Waals surface area contributed by atoms with Crippen molar-refractivity contribution in [2.45, 2.75) is 119 Å². The van der Waals surface area contributed by atoms with Crippen LogP contribution in [0.5, 0.6) is 0 Å². The van der Waals surface area contributed by atoms with Gasteiger partial charge in [0.1, 0.15) is 6.04 Å². The summed E-state index contributed by atoms with van der Waals surface area (Å²) in [6, 6.07) is -0.199. The molecule has 0 spiro atoms. The number of allylic oxidation sites excluding steroid dienone is 1. The van der Waals surface area contributed by atoms with E-state index in [4.69, 9.17) is 9.47 Å². The molecule has 12 atom stereocenters. The van der Waals surface area contributed by atoms with Gasteiger partial charge in [-0.05, 0) is 105 Å². The third kappa shape index (κ3) is 4.84. The Kier molecular flexibility index (Phi) is 8.92. The molecule has 1 unspecified atom stereocenters. The van der Waals surface area contributed by atoms with Crippen LogP contribution in [0.25, 0.3) is 0 Å². The second-order valence-electron chi connectivity index (χ2n) is 18.9. The number of fused-ring (bicyclic) bond motifs is 3. The van der Waals surface area contributed by atoms with Crippen molar-refractivity contribution in [3.05, 3.63) is 18.0 Å². The lowest BCUT2D eigenvalue weighted by molar-refractivity contribution is -0.254. The largest absolute Gasteiger partial charge is 0.481 e. The fourth-order valence-electron chi connectivity index (χ4n) is 12.3.